The van der Waals surface area contributed by atoms with Gasteiger partial charge in [-0.3, -0.25) is 14.3 Å². The highest BCUT2D eigenvalue weighted by Gasteiger charge is 2.33. The highest BCUT2D eigenvalue weighted by atomic mass is 16.5. The lowest BCUT2D eigenvalue weighted by molar-refractivity contribution is -0.135. The number of benzene rings is 1. The van der Waals surface area contributed by atoms with Gasteiger partial charge in [-0.2, -0.15) is 5.10 Å². The van der Waals surface area contributed by atoms with Crippen LogP contribution in [0.25, 0.3) is 10.9 Å². The predicted molar refractivity (Wildman–Crippen MR) is 112 cm³/mol. The minimum atomic E-state index is -0.148. The fourth-order valence-electron chi connectivity index (χ4n) is 4.91. The van der Waals surface area contributed by atoms with Crippen molar-refractivity contribution in [2.45, 2.75) is 52.5 Å². The second-order valence-electron chi connectivity index (χ2n) is 8.84. The molecule has 1 aromatic heterocycles. The molecule has 2 aromatic rings. The fraction of sp³-hybridized carbons (Fsp3) is 0.609. The van der Waals surface area contributed by atoms with E-state index in [0.29, 0.717) is 17.4 Å². The molecule has 4 rings (SSSR count). The Morgan fingerprint density at radius 2 is 1.93 bits per heavy atom. The summed E-state index contributed by atoms with van der Waals surface area (Å²) in [5.74, 6) is 2.06. The number of ether oxygens (including phenoxy) is 1. The van der Waals surface area contributed by atoms with Crippen LogP contribution in [0.2, 0.25) is 0 Å². The standard InChI is InChI=1S/C23H31N3O3/c1-15(2)23(28)22-19-9-8-18(29-3)12-20(19)26(24-22)14-21(27)25-11-10-16-6-4-5-7-17(16)13-25/h8-9,12,15-17H,4-7,10-11,13-14H2,1-3H3/t16-,17-/m0/s1. The van der Waals surface area contributed by atoms with Crippen molar-refractivity contribution in [3.63, 3.8) is 0 Å². The smallest absolute Gasteiger partial charge is 0.244 e. The van der Waals surface area contributed by atoms with E-state index >= 15 is 0 Å². The molecule has 0 unspecified atom stereocenters. The zero-order valence-corrected chi connectivity index (χ0v) is 17.7. The van der Waals surface area contributed by atoms with E-state index in [9.17, 15) is 9.59 Å². The van der Waals surface area contributed by atoms with Crippen LogP contribution in [0.1, 0.15) is 56.4 Å². The van der Waals surface area contributed by atoms with Crippen LogP contribution in [0.5, 0.6) is 5.75 Å². The number of hydrogen-bond donors (Lipinski definition) is 0. The Kier molecular flexibility index (Phi) is 5.61. The Hall–Kier alpha value is -2.37. The van der Waals surface area contributed by atoms with Gasteiger partial charge >= 0.3 is 0 Å². The maximum absolute atomic E-state index is 13.1. The maximum Gasteiger partial charge on any atom is 0.244 e. The van der Waals surface area contributed by atoms with Gasteiger partial charge in [-0.05, 0) is 36.8 Å². The Labute approximate surface area is 172 Å². The number of hydrogen-bond acceptors (Lipinski definition) is 4. The molecule has 1 aromatic carbocycles. The lowest BCUT2D eigenvalue weighted by Gasteiger charge is -2.41. The van der Waals surface area contributed by atoms with Gasteiger partial charge in [0.05, 0.1) is 12.6 Å². The zero-order chi connectivity index (χ0) is 20.5. The number of aromatic nitrogens is 2. The quantitative estimate of drug-likeness (QED) is 0.717. The van der Waals surface area contributed by atoms with Crippen LogP contribution >= 0.6 is 0 Å². The van der Waals surface area contributed by atoms with E-state index < -0.39 is 0 Å². The average molecular weight is 398 g/mol. The first kappa shape index (κ1) is 19.9. The summed E-state index contributed by atoms with van der Waals surface area (Å²) in [6.07, 6.45) is 6.29. The highest BCUT2D eigenvalue weighted by Crippen LogP contribution is 2.36. The Morgan fingerprint density at radius 1 is 1.17 bits per heavy atom. The van der Waals surface area contributed by atoms with Crippen LogP contribution in [-0.4, -0.2) is 46.6 Å². The Morgan fingerprint density at radius 3 is 2.66 bits per heavy atom. The number of nitrogens with zero attached hydrogens (tertiary/aromatic N) is 3. The number of ketones is 1. The maximum atomic E-state index is 13.1. The molecule has 1 saturated carbocycles. The van der Waals surface area contributed by atoms with Crippen LogP contribution in [0, 0.1) is 17.8 Å². The molecular weight excluding hydrogens is 366 g/mol. The van der Waals surface area contributed by atoms with E-state index in [1.54, 1.807) is 11.8 Å². The van der Waals surface area contributed by atoms with Gasteiger partial charge in [0, 0.05) is 30.5 Å². The molecule has 6 heteroatoms. The van der Waals surface area contributed by atoms with E-state index in [1.165, 1.54) is 25.7 Å². The van der Waals surface area contributed by atoms with Gasteiger partial charge in [-0.15, -0.1) is 0 Å². The van der Waals surface area contributed by atoms with Crippen LogP contribution in [-0.2, 0) is 11.3 Å². The summed E-state index contributed by atoms with van der Waals surface area (Å²) in [4.78, 5) is 27.8. The number of carbonyl (C=O) groups is 2. The van der Waals surface area contributed by atoms with Gasteiger partial charge in [0.2, 0.25) is 5.91 Å². The normalized spacial score (nSPS) is 22.0. The summed E-state index contributed by atoms with van der Waals surface area (Å²) >= 11 is 0. The molecule has 6 nitrogen and oxygen atoms in total. The van der Waals surface area contributed by atoms with Gasteiger partial charge in [0.1, 0.15) is 18.0 Å². The lowest BCUT2D eigenvalue weighted by Crippen LogP contribution is -2.45. The summed E-state index contributed by atoms with van der Waals surface area (Å²) in [5.41, 5.74) is 1.21. The van der Waals surface area contributed by atoms with Crippen LogP contribution in [0.15, 0.2) is 18.2 Å². The molecule has 2 heterocycles. The molecule has 1 aliphatic heterocycles. The number of carbonyl (C=O) groups excluding carboxylic acids is 2. The van der Waals surface area contributed by atoms with Gasteiger partial charge in [0.15, 0.2) is 5.78 Å². The van der Waals surface area contributed by atoms with Crippen molar-refractivity contribution in [3.8, 4) is 5.75 Å². The minimum Gasteiger partial charge on any atom is -0.497 e. The molecule has 1 aliphatic carbocycles. The van der Waals surface area contributed by atoms with E-state index in [2.05, 4.69) is 5.10 Å². The molecule has 0 radical (unpaired) electrons. The molecule has 29 heavy (non-hydrogen) atoms. The minimum absolute atomic E-state index is 0.00520. The van der Waals surface area contributed by atoms with Gasteiger partial charge in [0.25, 0.3) is 0 Å². The summed E-state index contributed by atoms with van der Waals surface area (Å²) in [5, 5.41) is 5.35. The number of piperidine rings is 1. The molecule has 156 valence electrons. The van der Waals surface area contributed by atoms with Crippen molar-refractivity contribution in [2.24, 2.45) is 17.8 Å². The van der Waals surface area contributed by atoms with E-state index in [1.807, 2.05) is 36.9 Å². The zero-order valence-electron chi connectivity index (χ0n) is 17.7. The van der Waals surface area contributed by atoms with Crippen molar-refractivity contribution in [3.05, 3.63) is 23.9 Å². The highest BCUT2D eigenvalue weighted by molar-refractivity contribution is 6.07. The third kappa shape index (κ3) is 3.89. The number of rotatable bonds is 5. The van der Waals surface area contributed by atoms with E-state index in [4.69, 9.17) is 4.74 Å². The van der Waals surface area contributed by atoms with Crippen molar-refractivity contribution >= 4 is 22.6 Å². The van der Waals surface area contributed by atoms with Crippen molar-refractivity contribution in [1.29, 1.82) is 0 Å². The molecule has 0 N–H and O–H groups in total. The molecular formula is C23H31N3O3. The second-order valence-corrected chi connectivity index (χ2v) is 8.84. The second kappa shape index (κ2) is 8.17. The molecule has 1 amide bonds. The Balaban J connectivity index is 1.59. The number of amides is 1. The van der Waals surface area contributed by atoms with Crippen molar-refractivity contribution in [1.82, 2.24) is 14.7 Å². The monoisotopic (exact) mass is 397 g/mol. The molecule has 2 atom stereocenters. The molecule has 0 spiro atoms. The molecule has 2 fully saturated rings. The summed E-state index contributed by atoms with van der Waals surface area (Å²) in [6.45, 7) is 5.60. The van der Waals surface area contributed by atoms with Gasteiger partial charge < -0.3 is 9.64 Å². The predicted octanol–water partition coefficient (Wildman–Crippen LogP) is 3.92. The van der Waals surface area contributed by atoms with Gasteiger partial charge in [-0.25, -0.2) is 0 Å². The lowest BCUT2D eigenvalue weighted by atomic mass is 9.75. The van der Waals surface area contributed by atoms with E-state index in [0.717, 1.165) is 36.3 Å². The fourth-order valence-corrected chi connectivity index (χ4v) is 4.91. The van der Waals surface area contributed by atoms with Crippen molar-refractivity contribution in [2.75, 3.05) is 20.2 Å². The first-order valence-corrected chi connectivity index (χ1v) is 10.8. The largest absolute Gasteiger partial charge is 0.497 e. The number of likely N-dealkylation sites (tertiary alicyclic amines) is 1. The van der Waals surface area contributed by atoms with Crippen LogP contribution in [0.3, 0.4) is 0 Å². The first-order chi connectivity index (χ1) is 14.0. The average Bonchev–Trinajstić information content (AvgIpc) is 3.10. The SMILES string of the molecule is COc1ccc2c(C(=O)C(C)C)nn(CC(=O)N3CC[C@@H]4CCCC[C@H]4C3)c2c1. The number of Topliss-reactive ketones (excluding diaryl/α,β-unsaturated/α-hetero) is 1. The molecule has 2 aliphatic rings. The number of fused-ring (bicyclic) bond motifs is 2. The van der Waals surface area contributed by atoms with Crippen molar-refractivity contribution < 1.29 is 14.3 Å². The third-order valence-electron chi connectivity index (χ3n) is 6.65. The molecule has 1 saturated heterocycles. The van der Waals surface area contributed by atoms with Crippen LogP contribution < -0.4 is 4.74 Å². The summed E-state index contributed by atoms with van der Waals surface area (Å²) in [7, 11) is 1.61. The first-order valence-electron chi connectivity index (χ1n) is 10.8. The summed E-state index contributed by atoms with van der Waals surface area (Å²) < 4.78 is 7.04. The number of methoxy groups -OCH3 is 1. The van der Waals surface area contributed by atoms with Gasteiger partial charge in [-0.1, -0.05) is 33.1 Å². The Bertz CT molecular complexity index is 917. The van der Waals surface area contributed by atoms with Crippen LogP contribution in [0.4, 0.5) is 0 Å². The summed E-state index contributed by atoms with van der Waals surface area (Å²) in [6, 6.07) is 5.56. The van der Waals surface area contributed by atoms with E-state index in [-0.39, 0.29) is 24.2 Å². The molecule has 0 bridgehead atoms. The topological polar surface area (TPSA) is 64.4 Å². The third-order valence-corrected chi connectivity index (χ3v) is 6.65.